The molecule has 0 radical (unpaired) electrons. The second kappa shape index (κ2) is 7.60. The third-order valence-corrected chi connectivity index (χ3v) is 6.40. The lowest BCUT2D eigenvalue weighted by Gasteiger charge is -2.19. The summed E-state index contributed by atoms with van der Waals surface area (Å²) in [5.41, 5.74) is -0.00154. The normalized spacial score (nSPS) is 13.8. The zero-order chi connectivity index (χ0) is 21.3. The van der Waals surface area contributed by atoms with Crippen molar-refractivity contribution >= 4 is 27.5 Å². The van der Waals surface area contributed by atoms with Crippen LogP contribution in [0.25, 0.3) is 0 Å². The van der Waals surface area contributed by atoms with Gasteiger partial charge in [0.1, 0.15) is 5.76 Å². The molecule has 0 saturated carbocycles. The summed E-state index contributed by atoms with van der Waals surface area (Å²) in [4.78, 5) is 36.4. The van der Waals surface area contributed by atoms with Gasteiger partial charge in [0.2, 0.25) is 9.84 Å². The molecule has 0 aliphatic carbocycles. The molecule has 1 aliphatic heterocycles. The fraction of sp³-hybridized carbons (Fsp3) is 0.0952. The molecule has 0 spiro atoms. The molecule has 1 amide bonds. The lowest BCUT2D eigenvalue weighted by Crippen LogP contribution is -2.28. The van der Waals surface area contributed by atoms with E-state index < -0.39 is 34.1 Å². The van der Waals surface area contributed by atoms with Crippen molar-refractivity contribution in [2.24, 2.45) is 0 Å². The van der Waals surface area contributed by atoms with Crippen molar-refractivity contribution in [2.75, 3.05) is 6.61 Å². The molecule has 0 saturated heterocycles. The van der Waals surface area contributed by atoms with Gasteiger partial charge in [-0.05, 0) is 42.5 Å². The number of hydrogen-bond donors (Lipinski definition) is 1. The molecule has 1 N–H and O–H groups in total. The van der Waals surface area contributed by atoms with Crippen molar-refractivity contribution in [1.82, 2.24) is 5.32 Å². The first-order valence-electron chi connectivity index (χ1n) is 8.87. The molecular formula is C21H15NO7S. The molecule has 1 aliphatic rings. The van der Waals surface area contributed by atoms with Gasteiger partial charge in [-0.25, -0.2) is 13.2 Å². The van der Waals surface area contributed by atoms with Gasteiger partial charge in [0.25, 0.3) is 5.91 Å². The summed E-state index contributed by atoms with van der Waals surface area (Å²) < 4.78 is 35.8. The van der Waals surface area contributed by atoms with E-state index in [2.05, 4.69) is 5.32 Å². The predicted octanol–water partition coefficient (Wildman–Crippen LogP) is 2.13. The molecule has 0 bridgehead atoms. The minimum Gasteiger partial charge on any atom is -0.467 e. The van der Waals surface area contributed by atoms with Gasteiger partial charge in [-0.2, -0.15) is 0 Å². The molecule has 0 unspecified atom stereocenters. The highest BCUT2D eigenvalue weighted by atomic mass is 32.2. The average molecular weight is 425 g/mol. The topological polar surface area (TPSA) is 120 Å². The maximum atomic E-state index is 12.9. The third kappa shape index (κ3) is 3.50. The first-order chi connectivity index (χ1) is 14.4. The van der Waals surface area contributed by atoms with E-state index in [-0.39, 0.29) is 33.0 Å². The van der Waals surface area contributed by atoms with Crippen molar-refractivity contribution in [1.29, 1.82) is 0 Å². The highest BCUT2D eigenvalue weighted by molar-refractivity contribution is 7.91. The van der Waals surface area contributed by atoms with Crippen molar-refractivity contribution < 1.29 is 32.0 Å². The van der Waals surface area contributed by atoms with Crippen LogP contribution in [0.1, 0.15) is 32.0 Å². The number of nitrogens with one attached hydrogen (secondary N) is 1. The third-order valence-electron chi connectivity index (χ3n) is 4.55. The first kappa shape index (κ1) is 19.6. The summed E-state index contributed by atoms with van der Waals surface area (Å²) in [5.74, 6) is -1.32. The standard InChI is InChI=1S/C21H15NO7S/c23-19(22-11-14-4-3-9-28-14)12-29-21(25)13-7-8-16-18(10-13)30(26,27)17-6-2-1-5-15(17)20(16)24/h1-10H,11-12H2,(H,22,23). The van der Waals surface area contributed by atoms with Crippen LogP contribution in [0.2, 0.25) is 0 Å². The number of benzene rings is 2. The average Bonchev–Trinajstić information content (AvgIpc) is 3.28. The number of furan rings is 1. The van der Waals surface area contributed by atoms with Crippen molar-refractivity contribution in [2.45, 2.75) is 16.3 Å². The first-order valence-corrected chi connectivity index (χ1v) is 10.4. The molecule has 1 aromatic heterocycles. The lowest BCUT2D eigenvalue weighted by molar-refractivity contribution is -0.124. The molecule has 8 nitrogen and oxygen atoms in total. The molecule has 9 heteroatoms. The number of ether oxygens (including phenoxy) is 1. The maximum absolute atomic E-state index is 12.9. The number of amides is 1. The van der Waals surface area contributed by atoms with Gasteiger partial charge in [-0.15, -0.1) is 0 Å². The minimum atomic E-state index is -3.97. The van der Waals surface area contributed by atoms with E-state index in [0.29, 0.717) is 5.76 Å². The van der Waals surface area contributed by atoms with E-state index in [1.54, 1.807) is 18.2 Å². The fourth-order valence-corrected chi connectivity index (χ4v) is 4.75. The fourth-order valence-electron chi connectivity index (χ4n) is 3.08. The number of carbonyl (C=O) groups is 3. The summed E-state index contributed by atoms with van der Waals surface area (Å²) >= 11 is 0. The number of carbonyl (C=O) groups excluding carboxylic acids is 3. The van der Waals surface area contributed by atoms with Crippen LogP contribution in [-0.2, 0) is 25.9 Å². The summed E-state index contributed by atoms with van der Waals surface area (Å²) in [6.45, 7) is -0.410. The van der Waals surface area contributed by atoms with E-state index >= 15 is 0 Å². The molecule has 0 atom stereocenters. The molecule has 2 heterocycles. The second-order valence-electron chi connectivity index (χ2n) is 6.47. The molecule has 3 aromatic rings. The van der Waals surface area contributed by atoms with Gasteiger partial charge in [-0.3, -0.25) is 9.59 Å². The maximum Gasteiger partial charge on any atom is 0.338 e. The molecule has 152 valence electrons. The predicted molar refractivity (Wildman–Crippen MR) is 103 cm³/mol. The van der Waals surface area contributed by atoms with Crippen LogP contribution in [-0.4, -0.2) is 32.7 Å². The van der Waals surface area contributed by atoms with Crippen molar-refractivity contribution in [3.63, 3.8) is 0 Å². The highest BCUT2D eigenvalue weighted by Crippen LogP contribution is 2.34. The van der Waals surface area contributed by atoms with Crippen LogP contribution in [0, 0.1) is 0 Å². The van der Waals surface area contributed by atoms with Crippen molar-refractivity contribution in [3.8, 4) is 0 Å². The second-order valence-corrected chi connectivity index (χ2v) is 8.36. The van der Waals surface area contributed by atoms with Crippen LogP contribution in [0.5, 0.6) is 0 Å². The van der Waals surface area contributed by atoms with E-state index in [1.165, 1.54) is 36.6 Å². The Morgan fingerprint density at radius 1 is 0.967 bits per heavy atom. The quantitative estimate of drug-likeness (QED) is 0.486. The number of rotatable bonds is 5. The van der Waals surface area contributed by atoms with E-state index in [4.69, 9.17) is 9.15 Å². The highest BCUT2D eigenvalue weighted by Gasteiger charge is 2.35. The Hall–Kier alpha value is -3.72. The van der Waals surface area contributed by atoms with Gasteiger partial charge in [-0.1, -0.05) is 12.1 Å². The summed E-state index contributed by atoms with van der Waals surface area (Å²) in [6, 6.07) is 12.9. The zero-order valence-electron chi connectivity index (χ0n) is 15.5. The van der Waals surface area contributed by atoms with Gasteiger partial charge < -0.3 is 14.5 Å². The Kier molecular flexibility index (Phi) is 4.96. The smallest absolute Gasteiger partial charge is 0.338 e. The summed E-state index contributed by atoms with van der Waals surface area (Å²) in [6.07, 6.45) is 1.47. The lowest BCUT2D eigenvalue weighted by atomic mass is 10.0. The Balaban J connectivity index is 1.50. The Morgan fingerprint density at radius 3 is 2.50 bits per heavy atom. The monoisotopic (exact) mass is 425 g/mol. The zero-order valence-corrected chi connectivity index (χ0v) is 16.3. The van der Waals surface area contributed by atoms with Crippen molar-refractivity contribution in [3.05, 3.63) is 83.3 Å². The van der Waals surface area contributed by atoms with Crippen LogP contribution < -0.4 is 5.32 Å². The van der Waals surface area contributed by atoms with Crippen LogP contribution in [0.3, 0.4) is 0 Å². The van der Waals surface area contributed by atoms with E-state index in [9.17, 15) is 22.8 Å². The summed E-state index contributed by atoms with van der Waals surface area (Å²) in [5, 5.41) is 2.52. The molecule has 4 rings (SSSR count). The number of hydrogen-bond acceptors (Lipinski definition) is 7. The van der Waals surface area contributed by atoms with Gasteiger partial charge in [0, 0.05) is 11.1 Å². The van der Waals surface area contributed by atoms with Gasteiger partial charge in [0.05, 0.1) is 28.2 Å². The molecule has 0 fully saturated rings. The number of ketones is 1. The Labute approximate surface area is 171 Å². The number of esters is 1. The molecular weight excluding hydrogens is 410 g/mol. The van der Waals surface area contributed by atoms with E-state index in [0.717, 1.165) is 6.07 Å². The van der Waals surface area contributed by atoms with Gasteiger partial charge >= 0.3 is 5.97 Å². The Bertz CT molecular complexity index is 1260. The Morgan fingerprint density at radius 2 is 1.73 bits per heavy atom. The number of fused-ring (bicyclic) bond motifs is 2. The largest absolute Gasteiger partial charge is 0.467 e. The molecule has 30 heavy (non-hydrogen) atoms. The summed E-state index contributed by atoms with van der Waals surface area (Å²) in [7, 11) is -3.97. The van der Waals surface area contributed by atoms with E-state index in [1.807, 2.05) is 0 Å². The van der Waals surface area contributed by atoms with Gasteiger partial charge in [0.15, 0.2) is 12.4 Å². The molecule has 2 aromatic carbocycles. The minimum absolute atomic E-state index is 0.0126. The van der Waals surface area contributed by atoms with Crippen LogP contribution in [0.4, 0.5) is 0 Å². The van der Waals surface area contributed by atoms with Crippen LogP contribution >= 0.6 is 0 Å². The SMILES string of the molecule is O=C(COC(=O)c1ccc2c(c1)S(=O)(=O)c1ccccc1C2=O)NCc1ccco1. The van der Waals surface area contributed by atoms with Crippen LogP contribution in [0.15, 0.2) is 75.1 Å². The number of sulfone groups is 1.